The number of hydrogen-bond donors (Lipinski definition) is 0. The van der Waals surface area contributed by atoms with E-state index in [1.165, 1.54) is 30.1 Å². The maximum atomic E-state index is 3.51. The standard InChI is InChI=1S/C6H13BrI/c1-2-3-4-5-6-8-7/h2-6H2,1H3/q-1. The molecule has 0 unspecified atom stereocenters. The van der Waals surface area contributed by atoms with E-state index in [9.17, 15) is 0 Å². The second kappa shape index (κ2) is 8.21. The summed E-state index contributed by atoms with van der Waals surface area (Å²) in [5.74, 6) is 0. The zero-order chi connectivity index (χ0) is 6.24. The van der Waals surface area contributed by atoms with E-state index in [1.807, 2.05) is 0 Å². The van der Waals surface area contributed by atoms with Gasteiger partial charge in [0.1, 0.15) is 0 Å². The van der Waals surface area contributed by atoms with E-state index in [0.717, 1.165) is 0 Å². The minimum absolute atomic E-state index is 0.402. The molecule has 0 saturated carbocycles. The summed E-state index contributed by atoms with van der Waals surface area (Å²) in [4.78, 5) is 0. The third kappa shape index (κ3) is 7.21. The molecule has 0 N–H and O–H groups in total. The molecule has 0 saturated heterocycles. The van der Waals surface area contributed by atoms with Gasteiger partial charge in [-0.3, -0.25) is 0 Å². The zero-order valence-electron chi connectivity index (χ0n) is 5.29. The third-order valence-electron chi connectivity index (χ3n) is 1.06. The van der Waals surface area contributed by atoms with Gasteiger partial charge in [0.15, 0.2) is 0 Å². The molecule has 0 aromatic rings. The monoisotopic (exact) mass is 291 g/mol. The van der Waals surface area contributed by atoms with E-state index in [0.29, 0.717) is 19.0 Å². The Balaban J connectivity index is 2.53. The molecule has 0 spiro atoms. The van der Waals surface area contributed by atoms with Gasteiger partial charge in [-0.15, -0.1) is 0 Å². The van der Waals surface area contributed by atoms with Crippen molar-refractivity contribution in [3.05, 3.63) is 0 Å². The molecule has 0 bridgehead atoms. The van der Waals surface area contributed by atoms with E-state index in [-0.39, 0.29) is 0 Å². The first-order valence-corrected chi connectivity index (χ1v) is 9.48. The van der Waals surface area contributed by atoms with Crippen molar-refractivity contribution in [2.24, 2.45) is 0 Å². The number of rotatable bonds is 5. The van der Waals surface area contributed by atoms with Crippen molar-refractivity contribution in [2.75, 3.05) is 4.43 Å². The first-order chi connectivity index (χ1) is 3.91. The Morgan fingerprint density at radius 2 is 2.00 bits per heavy atom. The minimum atomic E-state index is 0.402. The van der Waals surface area contributed by atoms with Gasteiger partial charge < -0.3 is 0 Å². The van der Waals surface area contributed by atoms with Crippen molar-refractivity contribution in [3.8, 4) is 0 Å². The Kier molecular flexibility index (Phi) is 9.45. The zero-order valence-corrected chi connectivity index (χ0v) is 9.03. The maximum absolute atomic E-state index is 3.51. The van der Waals surface area contributed by atoms with E-state index >= 15 is 0 Å². The van der Waals surface area contributed by atoms with Crippen LogP contribution in [0, 0.1) is 0 Å². The van der Waals surface area contributed by atoms with Gasteiger partial charge in [-0.05, 0) is 0 Å². The van der Waals surface area contributed by atoms with Crippen molar-refractivity contribution in [3.63, 3.8) is 0 Å². The molecule has 0 aliphatic heterocycles. The topological polar surface area (TPSA) is 0 Å². The van der Waals surface area contributed by atoms with Gasteiger partial charge in [0.25, 0.3) is 0 Å². The van der Waals surface area contributed by atoms with Gasteiger partial charge in [0.2, 0.25) is 0 Å². The average molecular weight is 292 g/mol. The number of unbranched alkanes of at least 4 members (excludes halogenated alkanes) is 3. The van der Waals surface area contributed by atoms with Crippen LogP contribution in [0.15, 0.2) is 0 Å². The van der Waals surface area contributed by atoms with Crippen LogP contribution in [0.2, 0.25) is 0 Å². The van der Waals surface area contributed by atoms with Crippen LogP contribution < -0.4 is 19.0 Å². The van der Waals surface area contributed by atoms with Gasteiger partial charge in [0, 0.05) is 0 Å². The average Bonchev–Trinajstić information content (AvgIpc) is 1.81. The summed E-state index contributed by atoms with van der Waals surface area (Å²) in [5, 5.41) is 0. The summed E-state index contributed by atoms with van der Waals surface area (Å²) in [6.45, 7) is 2.25. The van der Waals surface area contributed by atoms with Crippen molar-refractivity contribution in [1.82, 2.24) is 0 Å². The van der Waals surface area contributed by atoms with Crippen molar-refractivity contribution in [2.45, 2.75) is 32.6 Å². The molecule has 8 heavy (non-hydrogen) atoms. The van der Waals surface area contributed by atoms with Gasteiger partial charge in [-0.25, -0.2) is 0 Å². The number of halogens is 2. The van der Waals surface area contributed by atoms with E-state index < -0.39 is 0 Å². The summed E-state index contributed by atoms with van der Waals surface area (Å²) < 4.78 is 1.46. The van der Waals surface area contributed by atoms with Crippen LogP contribution in [-0.2, 0) is 0 Å². The Bertz CT molecular complexity index is 33.5. The van der Waals surface area contributed by atoms with Crippen LogP contribution in [-0.4, -0.2) is 4.43 Å². The first kappa shape index (κ1) is 9.21. The number of alkyl halides is 1. The molecule has 0 aromatic carbocycles. The van der Waals surface area contributed by atoms with Gasteiger partial charge in [-0.1, -0.05) is 0 Å². The fourth-order valence-corrected chi connectivity index (χ4v) is 2.82. The van der Waals surface area contributed by atoms with Gasteiger partial charge in [-0.2, -0.15) is 0 Å². The molecule has 0 rings (SSSR count). The molecule has 0 aliphatic rings. The molecule has 0 heterocycles. The van der Waals surface area contributed by atoms with Crippen LogP contribution in [0.5, 0.6) is 0 Å². The van der Waals surface area contributed by atoms with Gasteiger partial charge in [0.05, 0.1) is 0 Å². The summed E-state index contributed by atoms with van der Waals surface area (Å²) in [6, 6.07) is 0. The normalized spacial score (nSPS) is 10.2. The summed E-state index contributed by atoms with van der Waals surface area (Å²) in [7, 11) is 0. The SMILES string of the molecule is CCCCCC[I-]Br. The quantitative estimate of drug-likeness (QED) is 0.379. The Hall–Kier alpha value is 1.21. The van der Waals surface area contributed by atoms with Crippen LogP contribution in [0.1, 0.15) is 32.6 Å². The summed E-state index contributed by atoms with van der Waals surface area (Å²) >= 11 is 3.91. The predicted molar refractivity (Wildman–Crippen MR) is 37.9 cm³/mol. The van der Waals surface area contributed by atoms with Gasteiger partial charge >= 0.3 is 68.7 Å². The Labute approximate surface area is 68.4 Å². The van der Waals surface area contributed by atoms with Crippen molar-refractivity contribution < 1.29 is 19.0 Å². The van der Waals surface area contributed by atoms with E-state index in [4.69, 9.17) is 0 Å². The Morgan fingerprint density at radius 3 is 2.50 bits per heavy atom. The van der Waals surface area contributed by atoms with Crippen LogP contribution in [0.25, 0.3) is 0 Å². The molecule has 0 fully saturated rings. The van der Waals surface area contributed by atoms with Crippen molar-refractivity contribution >= 4 is 12.7 Å². The summed E-state index contributed by atoms with van der Waals surface area (Å²) in [6.07, 6.45) is 5.69. The molecule has 0 amide bonds. The molecular formula is C6H13BrI-. The molecule has 0 aliphatic carbocycles. The molecule has 2 heteroatoms. The number of hydrogen-bond acceptors (Lipinski definition) is 0. The van der Waals surface area contributed by atoms with E-state index in [2.05, 4.69) is 19.6 Å². The molecule has 0 aromatic heterocycles. The Morgan fingerprint density at radius 1 is 1.25 bits per heavy atom. The summed E-state index contributed by atoms with van der Waals surface area (Å²) in [5.41, 5.74) is 0. The molecule has 0 nitrogen and oxygen atoms in total. The molecule has 0 radical (unpaired) electrons. The molecular weight excluding hydrogens is 279 g/mol. The fourth-order valence-electron chi connectivity index (χ4n) is 0.572. The molecule has 0 atom stereocenters. The predicted octanol–water partition coefficient (Wildman–Crippen LogP) is -0.0344. The molecule has 52 valence electrons. The first-order valence-electron chi connectivity index (χ1n) is 3.12. The second-order valence-electron chi connectivity index (χ2n) is 1.85. The van der Waals surface area contributed by atoms with E-state index in [1.54, 1.807) is 0 Å². The van der Waals surface area contributed by atoms with Crippen LogP contribution in [0.3, 0.4) is 0 Å². The van der Waals surface area contributed by atoms with Crippen LogP contribution >= 0.6 is 12.7 Å². The fraction of sp³-hybridized carbons (Fsp3) is 1.00. The van der Waals surface area contributed by atoms with Crippen LogP contribution in [0.4, 0.5) is 0 Å². The third-order valence-corrected chi connectivity index (χ3v) is 4.24. The second-order valence-corrected chi connectivity index (χ2v) is 6.35. The van der Waals surface area contributed by atoms with Crippen molar-refractivity contribution in [1.29, 1.82) is 0 Å².